The van der Waals surface area contributed by atoms with E-state index in [0.29, 0.717) is 17.2 Å². The molecule has 3 saturated heterocycles. The SMILES string of the molecule is O=C(CC1CCSCC1)N1CCCC2(CCCNC2)C1. The molecule has 3 nitrogen and oxygen atoms in total. The Morgan fingerprint density at radius 2 is 2.05 bits per heavy atom. The molecule has 1 amide bonds. The van der Waals surface area contributed by atoms with Crippen molar-refractivity contribution in [3.05, 3.63) is 0 Å². The summed E-state index contributed by atoms with van der Waals surface area (Å²) in [7, 11) is 0. The van der Waals surface area contributed by atoms with Crippen molar-refractivity contribution in [3.8, 4) is 0 Å². The summed E-state index contributed by atoms with van der Waals surface area (Å²) >= 11 is 2.05. The molecular weight excluding hydrogens is 268 g/mol. The Bertz CT molecular complexity index is 330. The molecule has 1 N–H and O–H groups in total. The molecule has 0 aromatic rings. The zero-order chi connectivity index (χ0) is 13.8. The molecule has 1 atom stereocenters. The standard InChI is InChI=1S/C16H28N2OS/c19-15(11-14-3-9-20-10-4-14)18-8-2-6-16(13-18)5-1-7-17-12-16/h14,17H,1-13H2. The van der Waals surface area contributed by atoms with Gasteiger partial charge in [-0.25, -0.2) is 0 Å². The smallest absolute Gasteiger partial charge is 0.222 e. The third kappa shape index (κ3) is 3.51. The first-order valence-electron chi connectivity index (χ1n) is 8.34. The molecule has 0 saturated carbocycles. The van der Waals surface area contributed by atoms with E-state index in [1.54, 1.807) is 0 Å². The molecule has 3 aliphatic heterocycles. The Morgan fingerprint density at radius 3 is 2.80 bits per heavy atom. The number of carbonyl (C=O) groups excluding carboxylic acids is 1. The van der Waals surface area contributed by atoms with Gasteiger partial charge in [0.25, 0.3) is 0 Å². The van der Waals surface area contributed by atoms with Gasteiger partial charge in [0.2, 0.25) is 5.91 Å². The van der Waals surface area contributed by atoms with E-state index in [1.165, 1.54) is 50.0 Å². The van der Waals surface area contributed by atoms with E-state index in [0.717, 1.165) is 32.6 Å². The number of nitrogens with zero attached hydrogens (tertiary/aromatic N) is 1. The zero-order valence-electron chi connectivity index (χ0n) is 12.5. The van der Waals surface area contributed by atoms with Crippen LogP contribution >= 0.6 is 11.8 Å². The molecular formula is C16H28N2OS. The minimum atomic E-state index is 0.397. The average molecular weight is 296 g/mol. The predicted octanol–water partition coefficient (Wildman–Crippen LogP) is 2.51. The van der Waals surface area contributed by atoms with Crippen molar-refractivity contribution >= 4 is 17.7 Å². The lowest BCUT2D eigenvalue weighted by molar-refractivity contribution is -0.136. The zero-order valence-corrected chi connectivity index (χ0v) is 13.3. The number of piperidine rings is 2. The molecule has 3 aliphatic rings. The summed E-state index contributed by atoms with van der Waals surface area (Å²) in [5.41, 5.74) is 0.397. The molecule has 0 aliphatic carbocycles. The number of rotatable bonds is 2. The fraction of sp³-hybridized carbons (Fsp3) is 0.938. The van der Waals surface area contributed by atoms with Crippen LogP contribution in [0.3, 0.4) is 0 Å². The molecule has 1 unspecified atom stereocenters. The molecule has 0 bridgehead atoms. The van der Waals surface area contributed by atoms with Crippen LogP contribution in [-0.2, 0) is 4.79 Å². The van der Waals surface area contributed by atoms with Gasteiger partial charge in [-0.05, 0) is 62.5 Å². The minimum Gasteiger partial charge on any atom is -0.342 e. The topological polar surface area (TPSA) is 32.3 Å². The van der Waals surface area contributed by atoms with Gasteiger partial charge in [-0.1, -0.05) is 0 Å². The quantitative estimate of drug-likeness (QED) is 0.850. The molecule has 3 heterocycles. The van der Waals surface area contributed by atoms with E-state index in [1.807, 2.05) is 11.8 Å². The Hall–Kier alpha value is -0.220. The van der Waals surface area contributed by atoms with E-state index in [2.05, 4.69) is 10.2 Å². The molecule has 0 aromatic carbocycles. The molecule has 114 valence electrons. The highest BCUT2D eigenvalue weighted by Gasteiger charge is 2.38. The van der Waals surface area contributed by atoms with Gasteiger partial charge in [-0.3, -0.25) is 4.79 Å². The van der Waals surface area contributed by atoms with E-state index in [4.69, 9.17) is 0 Å². The van der Waals surface area contributed by atoms with Gasteiger partial charge >= 0.3 is 0 Å². The van der Waals surface area contributed by atoms with Crippen molar-refractivity contribution in [1.82, 2.24) is 10.2 Å². The Balaban J connectivity index is 1.54. The van der Waals surface area contributed by atoms with Gasteiger partial charge in [0, 0.05) is 31.5 Å². The molecule has 4 heteroatoms. The Morgan fingerprint density at radius 1 is 1.25 bits per heavy atom. The molecule has 3 fully saturated rings. The predicted molar refractivity (Wildman–Crippen MR) is 85.0 cm³/mol. The fourth-order valence-electron chi connectivity index (χ4n) is 4.13. The van der Waals surface area contributed by atoms with Crippen LogP contribution in [0.25, 0.3) is 0 Å². The first kappa shape index (κ1) is 14.7. The molecule has 0 aromatic heterocycles. The lowest BCUT2D eigenvalue weighted by atomic mass is 9.74. The van der Waals surface area contributed by atoms with Gasteiger partial charge in [0.15, 0.2) is 0 Å². The molecule has 1 spiro atoms. The number of hydrogen-bond donors (Lipinski definition) is 1. The van der Waals surface area contributed by atoms with E-state index in [9.17, 15) is 4.79 Å². The first-order chi connectivity index (χ1) is 9.77. The maximum absolute atomic E-state index is 12.6. The largest absolute Gasteiger partial charge is 0.342 e. The Kier molecular flexibility index (Phi) is 4.92. The number of amides is 1. The maximum atomic E-state index is 12.6. The second-order valence-electron chi connectivity index (χ2n) is 6.96. The van der Waals surface area contributed by atoms with Gasteiger partial charge in [-0.15, -0.1) is 0 Å². The summed E-state index contributed by atoms with van der Waals surface area (Å²) in [4.78, 5) is 14.8. The summed E-state index contributed by atoms with van der Waals surface area (Å²) in [5, 5.41) is 3.55. The highest BCUT2D eigenvalue weighted by Crippen LogP contribution is 2.36. The van der Waals surface area contributed by atoms with Gasteiger partial charge in [-0.2, -0.15) is 11.8 Å². The molecule has 20 heavy (non-hydrogen) atoms. The Labute approximate surface area is 127 Å². The lowest BCUT2D eigenvalue weighted by Gasteiger charge is -2.45. The fourth-order valence-corrected chi connectivity index (χ4v) is 5.33. The van der Waals surface area contributed by atoms with Gasteiger partial charge in [0.05, 0.1) is 0 Å². The van der Waals surface area contributed by atoms with Crippen molar-refractivity contribution in [2.24, 2.45) is 11.3 Å². The van der Waals surface area contributed by atoms with Crippen molar-refractivity contribution in [2.75, 3.05) is 37.7 Å². The third-order valence-electron chi connectivity index (χ3n) is 5.38. The second-order valence-corrected chi connectivity index (χ2v) is 8.18. The van der Waals surface area contributed by atoms with Crippen LogP contribution in [0.15, 0.2) is 0 Å². The van der Waals surface area contributed by atoms with Gasteiger partial charge in [0.1, 0.15) is 0 Å². The van der Waals surface area contributed by atoms with E-state index >= 15 is 0 Å². The number of hydrogen-bond acceptors (Lipinski definition) is 3. The number of carbonyl (C=O) groups is 1. The summed E-state index contributed by atoms with van der Waals surface area (Å²) in [6.45, 7) is 4.30. The number of thioether (sulfide) groups is 1. The van der Waals surface area contributed by atoms with Crippen molar-refractivity contribution in [1.29, 1.82) is 0 Å². The average Bonchev–Trinajstić information content (AvgIpc) is 2.49. The number of nitrogens with one attached hydrogen (secondary N) is 1. The van der Waals surface area contributed by atoms with Gasteiger partial charge < -0.3 is 10.2 Å². The molecule has 3 rings (SSSR count). The van der Waals surface area contributed by atoms with E-state index < -0.39 is 0 Å². The summed E-state index contributed by atoms with van der Waals surface area (Å²) < 4.78 is 0. The lowest BCUT2D eigenvalue weighted by Crippen LogP contribution is -2.52. The summed E-state index contributed by atoms with van der Waals surface area (Å²) in [6, 6.07) is 0. The highest BCUT2D eigenvalue weighted by molar-refractivity contribution is 7.99. The number of likely N-dealkylation sites (tertiary alicyclic amines) is 1. The van der Waals surface area contributed by atoms with Crippen LogP contribution in [0, 0.1) is 11.3 Å². The van der Waals surface area contributed by atoms with Crippen LogP contribution in [-0.4, -0.2) is 48.5 Å². The van der Waals surface area contributed by atoms with Crippen LogP contribution in [0.4, 0.5) is 0 Å². The summed E-state index contributed by atoms with van der Waals surface area (Å²) in [5.74, 6) is 3.61. The van der Waals surface area contributed by atoms with Crippen molar-refractivity contribution in [2.45, 2.75) is 44.9 Å². The monoisotopic (exact) mass is 296 g/mol. The highest BCUT2D eigenvalue weighted by atomic mass is 32.2. The van der Waals surface area contributed by atoms with Crippen LogP contribution in [0.1, 0.15) is 44.9 Å². The summed E-state index contributed by atoms with van der Waals surface area (Å²) in [6.07, 6.45) is 8.40. The minimum absolute atomic E-state index is 0.397. The van der Waals surface area contributed by atoms with Crippen molar-refractivity contribution in [3.63, 3.8) is 0 Å². The van der Waals surface area contributed by atoms with Crippen LogP contribution in [0.5, 0.6) is 0 Å². The van der Waals surface area contributed by atoms with Crippen LogP contribution in [0.2, 0.25) is 0 Å². The first-order valence-corrected chi connectivity index (χ1v) is 9.49. The second kappa shape index (κ2) is 6.69. The van der Waals surface area contributed by atoms with E-state index in [-0.39, 0.29) is 0 Å². The molecule has 0 radical (unpaired) electrons. The third-order valence-corrected chi connectivity index (χ3v) is 6.43. The normalized spacial score (nSPS) is 32.5. The maximum Gasteiger partial charge on any atom is 0.222 e. The van der Waals surface area contributed by atoms with Crippen LogP contribution < -0.4 is 5.32 Å². The van der Waals surface area contributed by atoms with Crippen molar-refractivity contribution < 1.29 is 4.79 Å².